The molecule has 0 bridgehead atoms. The maximum atomic E-state index is 13.1. The SMILES string of the molecule is C=CCSc1nc2n(n1)C(c1ccc(OC)cc1)C1=C(CC(C)(C)CC1=O)N2. The molecule has 2 aliphatic rings. The van der Waals surface area contributed by atoms with Crippen LogP contribution in [0.2, 0.25) is 0 Å². The molecule has 4 rings (SSSR count). The Labute approximate surface area is 169 Å². The molecule has 7 heteroatoms. The molecule has 1 unspecified atom stereocenters. The summed E-state index contributed by atoms with van der Waals surface area (Å²) >= 11 is 1.53. The number of Topliss-reactive ketones (excluding diaryl/α,β-unsaturated/α-hetero) is 1. The van der Waals surface area contributed by atoms with Gasteiger partial charge in [0.25, 0.3) is 0 Å². The van der Waals surface area contributed by atoms with Gasteiger partial charge in [0.2, 0.25) is 11.1 Å². The van der Waals surface area contributed by atoms with Crippen LogP contribution in [-0.2, 0) is 4.79 Å². The number of nitrogens with zero attached hydrogens (tertiary/aromatic N) is 3. The number of benzene rings is 1. The fourth-order valence-electron chi connectivity index (χ4n) is 3.88. The first-order valence-corrected chi connectivity index (χ1v) is 10.3. The maximum absolute atomic E-state index is 13.1. The van der Waals surface area contributed by atoms with Gasteiger partial charge in [-0.15, -0.1) is 11.7 Å². The molecule has 1 aromatic heterocycles. The lowest BCUT2D eigenvalue weighted by molar-refractivity contribution is -0.118. The van der Waals surface area contributed by atoms with Crippen molar-refractivity contribution < 1.29 is 9.53 Å². The minimum atomic E-state index is -0.286. The number of nitrogens with one attached hydrogen (secondary N) is 1. The summed E-state index contributed by atoms with van der Waals surface area (Å²) in [5.74, 6) is 2.36. The number of fused-ring (bicyclic) bond motifs is 1. The molecule has 2 heterocycles. The number of hydrogen-bond donors (Lipinski definition) is 1. The van der Waals surface area contributed by atoms with Gasteiger partial charge in [0.15, 0.2) is 5.78 Å². The summed E-state index contributed by atoms with van der Waals surface area (Å²) in [6.45, 7) is 8.01. The van der Waals surface area contributed by atoms with Gasteiger partial charge in [-0.2, -0.15) is 4.98 Å². The van der Waals surface area contributed by atoms with Crippen LogP contribution in [0.1, 0.15) is 38.3 Å². The highest BCUT2D eigenvalue weighted by Crippen LogP contribution is 2.45. The van der Waals surface area contributed by atoms with E-state index >= 15 is 0 Å². The zero-order valence-electron chi connectivity index (χ0n) is 16.4. The van der Waals surface area contributed by atoms with Crippen molar-refractivity contribution in [3.05, 3.63) is 53.8 Å². The summed E-state index contributed by atoms with van der Waals surface area (Å²) in [5, 5.41) is 8.75. The average molecular weight is 397 g/mol. The molecule has 0 spiro atoms. The predicted octanol–water partition coefficient (Wildman–Crippen LogP) is 4.22. The number of allylic oxidation sites excluding steroid dienone is 2. The molecule has 0 amide bonds. The summed E-state index contributed by atoms with van der Waals surface area (Å²) < 4.78 is 7.13. The summed E-state index contributed by atoms with van der Waals surface area (Å²) in [6.07, 6.45) is 3.17. The lowest BCUT2D eigenvalue weighted by Crippen LogP contribution is -2.36. The van der Waals surface area contributed by atoms with Crippen LogP contribution in [0.3, 0.4) is 0 Å². The lowest BCUT2D eigenvalue weighted by atomic mass is 9.73. The highest BCUT2D eigenvalue weighted by molar-refractivity contribution is 7.99. The Morgan fingerprint density at radius 1 is 1.36 bits per heavy atom. The van der Waals surface area contributed by atoms with Crippen LogP contribution in [-0.4, -0.2) is 33.4 Å². The monoisotopic (exact) mass is 396 g/mol. The number of ketones is 1. The van der Waals surface area contributed by atoms with Crippen molar-refractivity contribution in [3.8, 4) is 5.75 Å². The van der Waals surface area contributed by atoms with Gasteiger partial charge in [0.05, 0.1) is 7.11 Å². The second-order valence-corrected chi connectivity index (χ2v) is 8.88. The number of rotatable bonds is 5. The number of methoxy groups -OCH3 is 1. The van der Waals surface area contributed by atoms with Gasteiger partial charge in [-0.25, -0.2) is 4.68 Å². The van der Waals surface area contributed by atoms with Crippen molar-refractivity contribution in [1.29, 1.82) is 0 Å². The van der Waals surface area contributed by atoms with E-state index in [2.05, 4.69) is 30.7 Å². The molecule has 146 valence electrons. The Bertz CT molecular complexity index is 959. The molecule has 28 heavy (non-hydrogen) atoms. The zero-order valence-corrected chi connectivity index (χ0v) is 17.2. The van der Waals surface area contributed by atoms with Gasteiger partial charge in [-0.1, -0.05) is 43.8 Å². The Kier molecular flexibility index (Phi) is 4.79. The number of aromatic nitrogens is 3. The lowest BCUT2D eigenvalue weighted by Gasteiger charge is -2.38. The predicted molar refractivity (Wildman–Crippen MR) is 111 cm³/mol. The standard InChI is InChI=1S/C21H24N4O2S/c1-5-10-28-20-23-19-22-15-11-21(2,3)12-16(26)17(15)18(25(19)24-20)13-6-8-14(27-4)9-7-13/h5-9,18H,1,10-12H2,2-4H3,(H,22,23,24). The van der Waals surface area contributed by atoms with Gasteiger partial charge in [-0.05, 0) is 29.5 Å². The molecule has 1 N–H and O–H groups in total. The van der Waals surface area contributed by atoms with E-state index in [9.17, 15) is 4.79 Å². The second-order valence-electron chi connectivity index (χ2n) is 7.90. The van der Waals surface area contributed by atoms with Crippen molar-refractivity contribution in [1.82, 2.24) is 14.8 Å². The quantitative estimate of drug-likeness (QED) is 0.603. The first kappa shape index (κ1) is 18.8. The van der Waals surface area contributed by atoms with Gasteiger partial charge in [0.1, 0.15) is 11.8 Å². The Morgan fingerprint density at radius 2 is 2.11 bits per heavy atom. The number of ether oxygens (including phenoxy) is 1. The fourth-order valence-corrected chi connectivity index (χ4v) is 4.44. The average Bonchev–Trinajstić information content (AvgIpc) is 3.06. The van der Waals surface area contributed by atoms with Gasteiger partial charge in [-0.3, -0.25) is 4.79 Å². The van der Waals surface area contributed by atoms with E-state index in [4.69, 9.17) is 9.84 Å². The van der Waals surface area contributed by atoms with Gasteiger partial charge < -0.3 is 10.1 Å². The summed E-state index contributed by atoms with van der Waals surface area (Å²) in [7, 11) is 1.64. The van der Waals surface area contributed by atoms with Crippen molar-refractivity contribution in [2.75, 3.05) is 18.2 Å². The highest BCUT2D eigenvalue weighted by Gasteiger charge is 2.41. The highest BCUT2D eigenvalue weighted by atomic mass is 32.2. The molecule has 0 saturated carbocycles. The first-order valence-electron chi connectivity index (χ1n) is 9.29. The molecule has 1 aliphatic heterocycles. The van der Waals surface area contributed by atoms with Crippen molar-refractivity contribution >= 4 is 23.5 Å². The fraction of sp³-hybridized carbons (Fsp3) is 0.381. The molecule has 0 radical (unpaired) electrons. The molecule has 0 fully saturated rings. The van der Waals surface area contributed by atoms with E-state index in [0.717, 1.165) is 34.8 Å². The minimum Gasteiger partial charge on any atom is -0.497 e. The van der Waals surface area contributed by atoms with E-state index < -0.39 is 0 Å². The third-order valence-electron chi connectivity index (χ3n) is 5.07. The van der Waals surface area contributed by atoms with E-state index in [1.54, 1.807) is 7.11 Å². The topological polar surface area (TPSA) is 69.0 Å². The van der Waals surface area contributed by atoms with Crippen molar-refractivity contribution in [2.45, 2.75) is 37.9 Å². The van der Waals surface area contributed by atoms with E-state index in [1.165, 1.54) is 11.8 Å². The number of thioether (sulfide) groups is 1. The van der Waals surface area contributed by atoms with E-state index in [0.29, 0.717) is 17.5 Å². The summed E-state index contributed by atoms with van der Waals surface area (Å²) in [5.41, 5.74) is 2.68. The van der Waals surface area contributed by atoms with Crippen LogP contribution in [0.4, 0.5) is 5.95 Å². The summed E-state index contributed by atoms with van der Waals surface area (Å²) in [6, 6.07) is 7.53. The minimum absolute atomic E-state index is 0.0734. The van der Waals surface area contributed by atoms with E-state index in [-0.39, 0.29) is 17.2 Å². The number of hydrogen-bond acceptors (Lipinski definition) is 6. The molecule has 1 atom stereocenters. The molecular formula is C21H24N4O2S. The molecule has 1 aliphatic carbocycles. The van der Waals surface area contributed by atoms with Crippen LogP contribution in [0.25, 0.3) is 0 Å². The maximum Gasteiger partial charge on any atom is 0.227 e. The molecule has 2 aromatic rings. The van der Waals surface area contributed by atoms with Crippen molar-refractivity contribution in [2.24, 2.45) is 5.41 Å². The van der Waals surface area contributed by atoms with Crippen molar-refractivity contribution in [3.63, 3.8) is 0 Å². The van der Waals surface area contributed by atoms with Crippen LogP contribution < -0.4 is 10.1 Å². The molecular weight excluding hydrogens is 372 g/mol. The normalized spacial score (nSPS) is 20.2. The molecule has 0 saturated heterocycles. The molecule has 1 aromatic carbocycles. The summed E-state index contributed by atoms with van der Waals surface area (Å²) in [4.78, 5) is 17.8. The van der Waals surface area contributed by atoms with Crippen LogP contribution in [0.15, 0.2) is 53.3 Å². The number of carbonyl (C=O) groups excluding carboxylic acids is 1. The Balaban J connectivity index is 1.83. The Morgan fingerprint density at radius 3 is 2.79 bits per heavy atom. The van der Waals surface area contributed by atoms with Crippen LogP contribution in [0.5, 0.6) is 5.75 Å². The number of carbonyl (C=O) groups is 1. The second kappa shape index (κ2) is 7.13. The van der Waals surface area contributed by atoms with Crippen LogP contribution in [0, 0.1) is 5.41 Å². The largest absolute Gasteiger partial charge is 0.497 e. The first-order chi connectivity index (χ1) is 13.4. The van der Waals surface area contributed by atoms with Gasteiger partial charge >= 0.3 is 0 Å². The molecule has 6 nitrogen and oxygen atoms in total. The zero-order chi connectivity index (χ0) is 19.9. The third-order valence-corrected chi connectivity index (χ3v) is 5.91. The third kappa shape index (κ3) is 3.35. The number of anilines is 1. The van der Waals surface area contributed by atoms with Gasteiger partial charge in [0, 0.05) is 23.4 Å². The van der Waals surface area contributed by atoms with Crippen LogP contribution >= 0.6 is 11.8 Å². The smallest absolute Gasteiger partial charge is 0.227 e. The Hall–Kier alpha value is -2.54. The van der Waals surface area contributed by atoms with E-state index in [1.807, 2.05) is 35.0 Å².